The number of anilines is 1. The quantitative estimate of drug-likeness (QED) is 0.910. The largest absolute Gasteiger partial charge is 0.393 e. The van der Waals surface area contributed by atoms with E-state index in [0.29, 0.717) is 25.3 Å². The molecule has 1 aliphatic carbocycles. The summed E-state index contributed by atoms with van der Waals surface area (Å²) in [6, 6.07) is 6.91. The molecule has 1 aliphatic heterocycles. The third-order valence-electron chi connectivity index (χ3n) is 5.15. The normalized spacial score (nSPS) is 28.7. The van der Waals surface area contributed by atoms with Crippen LogP contribution in [0.5, 0.6) is 0 Å². The van der Waals surface area contributed by atoms with E-state index in [1.165, 1.54) is 6.07 Å². The molecule has 0 aromatic heterocycles. The number of carbonyl (C=O) groups is 1. The van der Waals surface area contributed by atoms with Crippen LogP contribution < -0.4 is 4.90 Å². The fourth-order valence-corrected chi connectivity index (χ4v) is 3.78. The van der Waals surface area contributed by atoms with E-state index in [2.05, 4.69) is 0 Å². The number of hydrogen-bond acceptors (Lipinski definition) is 3. The number of carbonyl (C=O) groups excluding carboxylic acids is 1. The van der Waals surface area contributed by atoms with Crippen LogP contribution in [0.2, 0.25) is 0 Å². The Hall–Kier alpha value is -1.62. The Morgan fingerprint density at radius 1 is 1.17 bits per heavy atom. The molecule has 23 heavy (non-hydrogen) atoms. The molecule has 4 nitrogen and oxygen atoms in total. The fraction of sp³-hybridized carbons (Fsp3) is 0.611. The van der Waals surface area contributed by atoms with Crippen molar-refractivity contribution in [1.82, 2.24) is 4.90 Å². The maximum absolute atomic E-state index is 14.0. The van der Waals surface area contributed by atoms with Gasteiger partial charge in [-0.05, 0) is 44.7 Å². The van der Waals surface area contributed by atoms with Crippen molar-refractivity contribution < 1.29 is 14.3 Å². The van der Waals surface area contributed by atoms with Gasteiger partial charge in [-0.3, -0.25) is 4.79 Å². The lowest BCUT2D eigenvalue weighted by Gasteiger charge is -2.42. The number of rotatable bonds is 2. The predicted octanol–water partition coefficient (Wildman–Crippen LogP) is 2.41. The summed E-state index contributed by atoms with van der Waals surface area (Å²) in [5.74, 6) is 0.0444. The van der Waals surface area contributed by atoms with E-state index in [4.69, 9.17) is 0 Å². The SMILES string of the molecule is C[C@@H]1CN(C(=O)C2CCC(O)CC2)CCN1c1ccccc1F. The molecule has 1 heterocycles. The number of piperazine rings is 1. The van der Waals surface area contributed by atoms with Crippen LogP contribution in [0, 0.1) is 11.7 Å². The van der Waals surface area contributed by atoms with Crippen molar-refractivity contribution >= 4 is 11.6 Å². The van der Waals surface area contributed by atoms with Gasteiger partial charge >= 0.3 is 0 Å². The summed E-state index contributed by atoms with van der Waals surface area (Å²) in [5, 5.41) is 9.58. The zero-order chi connectivity index (χ0) is 16.4. The molecule has 1 saturated heterocycles. The van der Waals surface area contributed by atoms with Crippen LogP contribution in [0.4, 0.5) is 10.1 Å². The number of halogens is 1. The van der Waals surface area contributed by atoms with Gasteiger partial charge in [0.15, 0.2) is 0 Å². The maximum Gasteiger partial charge on any atom is 0.225 e. The molecule has 2 aliphatic rings. The van der Waals surface area contributed by atoms with Crippen molar-refractivity contribution in [3.05, 3.63) is 30.1 Å². The molecule has 1 aromatic rings. The Kier molecular flexibility index (Phi) is 4.85. The van der Waals surface area contributed by atoms with Crippen LogP contribution in [0.1, 0.15) is 32.6 Å². The molecule has 2 fully saturated rings. The predicted molar refractivity (Wildman–Crippen MR) is 87.8 cm³/mol. The number of aliphatic hydroxyl groups excluding tert-OH is 1. The molecule has 1 N–H and O–H groups in total. The number of para-hydroxylation sites is 1. The highest BCUT2D eigenvalue weighted by atomic mass is 19.1. The van der Waals surface area contributed by atoms with Crippen molar-refractivity contribution in [3.8, 4) is 0 Å². The van der Waals surface area contributed by atoms with Crippen molar-refractivity contribution in [1.29, 1.82) is 0 Å². The minimum absolute atomic E-state index is 0.0469. The maximum atomic E-state index is 14.0. The summed E-state index contributed by atoms with van der Waals surface area (Å²) >= 11 is 0. The molecule has 3 rings (SSSR count). The zero-order valence-electron chi connectivity index (χ0n) is 13.6. The van der Waals surface area contributed by atoms with Gasteiger partial charge in [0, 0.05) is 31.6 Å². The molecule has 1 amide bonds. The van der Waals surface area contributed by atoms with E-state index in [1.54, 1.807) is 12.1 Å². The van der Waals surface area contributed by atoms with Gasteiger partial charge in [0.1, 0.15) is 5.82 Å². The van der Waals surface area contributed by atoms with Crippen LogP contribution in [-0.2, 0) is 4.79 Å². The van der Waals surface area contributed by atoms with Crippen molar-refractivity contribution in [3.63, 3.8) is 0 Å². The highest BCUT2D eigenvalue weighted by Gasteiger charge is 2.33. The van der Waals surface area contributed by atoms with Gasteiger partial charge in [-0.2, -0.15) is 0 Å². The van der Waals surface area contributed by atoms with E-state index in [0.717, 1.165) is 25.7 Å². The molecular weight excluding hydrogens is 295 g/mol. The van der Waals surface area contributed by atoms with Crippen molar-refractivity contribution in [2.45, 2.75) is 44.8 Å². The topological polar surface area (TPSA) is 43.8 Å². The van der Waals surface area contributed by atoms with Crippen LogP contribution in [0.3, 0.4) is 0 Å². The van der Waals surface area contributed by atoms with Crippen molar-refractivity contribution in [2.75, 3.05) is 24.5 Å². The Balaban J connectivity index is 1.62. The molecule has 1 atom stereocenters. The Bertz CT molecular complexity index is 558. The Morgan fingerprint density at radius 2 is 1.87 bits per heavy atom. The second-order valence-electron chi connectivity index (χ2n) is 6.78. The summed E-state index contributed by atoms with van der Waals surface area (Å²) in [7, 11) is 0. The van der Waals surface area contributed by atoms with Gasteiger partial charge in [-0.1, -0.05) is 12.1 Å². The second-order valence-corrected chi connectivity index (χ2v) is 6.78. The Labute approximate surface area is 136 Å². The summed E-state index contributed by atoms with van der Waals surface area (Å²) < 4.78 is 14.0. The van der Waals surface area contributed by atoms with Crippen LogP contribution >= 0.6 is 0 Å². The number of benzene rings is 1. The lowest BCUT2D eigenvalue weighted by Crippen LogP contribution is -2.55. The monoisotopic (exact) mass is 320 g/mol. The molecule has 126 valence electrons. The average molecular weight is 320 g/mol. The van der Waals surface area contributed by atoms with Gasteiger partial charge in [0.05, 0.1) is 11.8 Å². The van der Waals surface area contributed by atoms with Crippen LogP contribution in [-0.4, -0.2) is 47.7 Å². The number of amides is 1. The highest BCUT2D eigenvalue weighted by molar-refractivity contribution is 5.79. The van der Waals surface area contributed by atoms with Gasteiger partial charge < -0.3 is 14.9 Å². The van der Waals surface area contributed by atoms with E-state index in [-0.39, 0.29) is 29.8 Å². The second kappa shape index (κ2) is 6.87. The molecule has 1 aromatic carbocycles. The Morgan fingerprint density at radius 3 is 2.52 bits per heavy atom. The standard InChI is InChI=1S/C18H25FN2O2/c1-13-12-20(18(23)14-6-8-15(22)9-7-14)10-11-21(13)17-5-3-2-4-16(17)19/h2-5,13-15,22H,6-12H2,1H3/t13-,14?,15?/m1/s1. The van der Waals surface area contributed by atoms with E-state index in [1.807, 2.05) is 22.8 Å². The third-order valence-corrected chi connectivity index (χ3v) is 5.15. The molecule has 0 radical (unpaired) electrons. The van der Waals surface area contributed by atoms with Gasteiger partial charge in [-0.15, -0.1) is 0 Å². The van der Waals surface area contributed by atoms with Gasteiger partial charge in [0.2, 0.25) is 5.91 Å². The van der Waals surface area contributed by atoms with Crippen LogP contribution in [0.25, 0.3) is 0 Å². The molecule has 0 unspecified atom stereocenters. The first-order valence-electron chi connectivity index (χ1n) is 8.54. The van der Waals surface area contributed by atoms with E-state index in [9.17, 15) is 14.3 Å². The molecule has 0 bridgehead atoms. The minimum Gasteiger partial charge on any atom is -0.393 e. The minimum atomic E-state index is -0.240. The summed E-state index contributed by atoms with van der Waals surface area (Å²) in [5.41, 5.74) is 0.618. The zero-order valence-corrected chi connectivity index (χ0v) is 13.6. The first kappa shape index (κ1) is 16.2. The van der Waals surface area contributed by atoms with Gasteiger partial charge in [-0.25, -0.2) is 4.39 Å². The summed E-state index contributed by atoms with van der Waals surface area (Å²) in [4.78, 5) is 16.6. The average Bonchev–Trinajstić information content (AvgIpc) is 2.56. The first-order valence-corrected chi connectivity index (χ1v) is 8.54. The molecular formula is C18H25FN2O2. The summed E-state index contributed by atoms with van der Waals surface area (Å²) in [6.07, 6.45) is 2.77. The number of hydrogen-bond donors (Lipinski definition) is 1. The summed E-state index contributed by atoms with van der Waals surface area (Å²) in [6.45, 7) is 3.96. The highest BCUT2D eigenvalue weighted by Crippen LogP contribution is 2.28. The van der Waals surface area contributed by atoms with E-state index < -0.39 is 0 Å². The molecule has 5 heteroatoms. The van der Waals surface area contributed by atoms with E-state index >= 15 is 0 Å². The molecule has 1 saturated carbocycles. The number of nitrogens with zero attached hydrogens (tertiary/aromatic N) is 2. The number of aliphatic hydroxyl groups is 1. The lowest BCUT2D eigenvalue weighted by molar-refractivity contribution is -0.138. The lowest BCUT2D eigenvalue weighted by atomic mass is 9.86. The molecule has 0 spiro atoms. The van der Waals surface area contributed by atoms with Crippen molar-refractivity contribution in [2.24, 2.45) is 5.92 Å². The third kappa shape index (κ3) is 3.50. The smallest absolute Gasteiger partial charge is 0.225 e. The first-order chi connectivity index (χ1) is 11.1. The van der Waals surface area contributed by atoms with Crippen LogP contribution in [0.15, 0.2) is 24.3 Å². The fourth-order valence-electron chi connectivity index (χ4n) is 3.78. The van der Waals surface area contributed by atoms with Gasteiger partial charge in [0.25, 0.3) is 0 Å².